The minimum absolute atomic E-state index is 0.484. The van der Waals surface area contributed by atoms with Gasteiger partial charge in [-0.05, 0) is 24.8 Å². The summed E-state index contributed by atoms with van der Waals surface area (Å²) in [7, 11) is -6.00. The fourth-order valence-electron chi connectivity index (χ4n) is 2.36. The monoisotopic (exact) mass is 337 g/mol. The topological polar surface area (TPSA) is 40.2 Å². The standard InChI is InChI=1S/C13H17ClN3.BF4/c14-12-8-11(17-15)6-7-13(12)16-9-10-4-2-1-3-5-10;2-1(3,4)5/h6-8,10,16H,1-5,9H2;/q+1;-1. The average molecular weight is 338 g/mol. The average Bonchev–Trinajstić information content (AvgIpc) is 2.45. The van der Waals surface area contributed by atoms with Gasteiger partial charge in [-0.15, -0.1) is 0 Å². The largest absolute Gasteiger partial charge is 0.673 e. The maximum absolute atomic E-state index is 9.75. The Kier molecular flexibility index (Phi) is 7.46. The van der Waals surface area contributed by atoms with Crippen LogP contribution in [0.5, 0.6) is 0 Å². The van der Waals surface area contributed by atoms with Crippen LogP contribution in [-0.2, 0) is 0 Å². The van der Waals surface area contributed by atoms with Gasteiger partial charge in [0.1, 0.15) is 0 Å². The highest BCUT2D eigenvalue weighted by atomic mass is 35.5. The Morgan fingerprint density at radius 2 is 1.77 bits per heavy atom. The zero-order chi connectivity index (χ0) is 16.6. The number of benzene rings is 1. The van der Waals surface area contributed by atoms with Crippen molar-refractivity contribution in [2.24, 2.45) is 5.92 Å². The molecular weight excluding hydrogens is 320 g/mol. The van der Waals surface area contributed by atoms with Crippen LogP contribution >= 0.6 is 11.6 Å². The van der Waals surface area contributed by atoms with Crippen molar-refractivity contribution in [3.05, 3.63) is 28.2 Å². The highest BCUT2D eigenvalue weighted by Gasteiger charge is 2.20. The Morgan fingerprint density at radius 3 is 2.27 bits per heavy atom. The Morgan fingerprint density at radius 1 is 1.18 bits per heavy atom. The number of halogens is 5. The molecule has 0 bridgehead atoms. The zero-order valence-electron chi connectivity index (χ0n) is 11.9. The molecule has 9 heteroatoms. The molecule has 2 rings (SSSR count). The van der Waals surface area contributed by atoms with Crippen LogP contribution in [0.2, 0.25) is 5.02 Å². The Bertz CT molecular complexity index is 507. The van der Waals surface area contributed by atoms with Crippen molar-refractivity contribution < 1.29 is 17.3 Å². The van der Waals surface area contributed by atoms with Gasteiger partial charge in [-0.1, -0.05) is 30.9 Å². The van der Waals surface area contributed by atoms with E-state index < -0.39 is 7.25 Å². The SMILES string of the molecule is F[B-](F)(F)F.N#[N+]c1ccc(NCC2CCCCC2)c(Cl)c1. The molecule has 1 saturated carbocycles. The highest BCUT2D eigenvalue weighted by Crippen LogP contribution is 2.29. The molecule has 0 heterocycles. The van der Waals surface area contributed by atoms with E-state index in [2.05, 4.69) is 10.3 Å². The fraction of sp³-hybridized carbons (Fsp3) is 0.538. The molecule has 1 aromatic rings. The summed E-state index contributed by atoms with van der Waals surface area (Å²) < 4.78 is 39.0. The number of nitrogens with zero attached hydrogens (tertiary/aromatic N) is 2. The summed E-state index contributed by atoms with van der Waals surface area (Å²) in [4.78, 5) is 3.11. The lowest BCUT2D eigenvalue weighted by Gasteiger charge is -2.22. The van der Waals surface area contributed by atoms with E-state index in [0.29, 0.717) is 10.7 Å². The lowest BCUT2D eigenvalue weighted by molar-refractivity contribution is 0.368. The van der Waals surface area contributed by atoms with Gasteiger partial charge < -0.3 is 22.6 Å². The quantitative estimate of drug-likeness (QED) is 0.410. The molecule has 1 aliphatic rings. The summed E-state index contributed by atoms with van der Waals surface area (Å²) in [5.74, 6) is 0.766. The second kappa shape index (κ2) is 8.84. The van der Waals surface area contributed by atoms with Gasteiger partial charge in [-0.2, -0.15) is 0 Å². The third-order valence-corrected chi connectivity index (χ3v) is 3.69. The second-order valence-electron chi connectivity index (χ2n) is 5.14. The first-order valence-electron chi connectivity index (χ1n) is 7.05. The first-order chi connectivity index (χ1) is 10.3. The molecule has 1 fully saturated rings. The summed E-state index contributed by atoms with van der Waals surface area (Å²) in [6, 6.07) is 5.26. The number of hydrogen-bond donors (Lipinski definition) is 1. The molecule has 1 N–H and O–H groups in total. The molecule has 3 nitrogen and oxygen atoms in total. The molecule has 0 unspecified atom stereocenters. The predicted octanol–water partition coefficient (Wildman–Crippen LogP) is 6.12. The minimum atomic E-state index is -6.00. The normalized spacial score (nSPS) is 15.5. The van der Waals surface area contributed by atoms with Gasteiger partial charge in [-0.3, -0.25) is 0 Å². The molecule has 0 atom stereocenters. The summed E-state index contributed by atoms with van der Waals surface area (Å²) >= 11 is 6.09. The van der Waals surface area contributed by atoms with Gasteiger partial charge in [0.15, 0.2) is 4.98 Å². The number of nitrogens with one attached hydrogen (secondary N) is 1. The van der Waals surface area contributed by atoms with Crippen LogP contribution in [0.3, 0.4) is 0 Å². The minimum Gasteiger partial charge on any atom is -0.418 e. The van der Waals surface area contributed by atoms with Crippen LogP contribution in [0.25, 0.3) is 4.98 Å². The first kappa shape index (κ1) is 18.6. The molecule has 0 amide bonds. The maximum Gasteiger partial charge on any atom is 0.673 e. The summed E-state index contributed by atoms with van der Waals surface area (Å²) in [6.45, 7) is 0.981. The van der Waals surface area contributed by atoms with E-state index >= 15 is 0 Å². The van der Waals surface area contributed by atoms with Gasteiger partial charge in [0.2, 0.25) is 5.39 Å². The summed E-state index contributed by atoms with van der Waals surface area (Å²) in [5, 5.41) is 12.6. The molecule has 22 heavy (non-hydrogen) atoms. The number of anilines is 1. The van der Waals surface area contributed by atoms with Gasteiger partial charge in [0.05, 0.1) is 16.8 Å². The molecule has 122 valence electrons. The van der Waals surface area contributed by atoms with Gasteiger partial charge in [0.25, 0.3) is 0 Å². The van der Waals surface area contributed by atoms with Crippen molar-refractivity contribution in [2.45, 2.75) is 32.1 Å². The number of diazo groups is 1. The highest BCUT2D eigenvalue weighted by molar-refractivity contribution is 6.50. The Hall–Kier alpha value is -1.49. The number of rotatable bonds is 3. The Balaban J connectivity index is 0.000000422. The third-order valence-electron chi connectivity index (χ3n) is 3.37. The third kappa shape index (κ3) is 8.08. The lowest BCUT2D eigenvalue weighted by Crippen LogP contribution is -2.17. The predicted molar refractivity (Wildman–Crippen MR) is 81.4 cm³/mol. The maximum atomic E-state index is 9.75. The molecule has 0 aliphatic heterocycles. The molecule has 0 aromatic heterocycles. The zero-order valence-corrected chi connectivity index (χ0v) is 12.7. The molecule has 0 saturated heterocycles. The van der Waals surface area contributed by atoms with Gasteiger partial charge in [-0.25, -0.2) is 0 Å². The van der Waals surface area contributed by atoms with Crippen LogP contribution in [0.15, 0.2) is 18.2 Å². The van der Waals surface area contributed by atoms with E-state index in [1.165, 1.54) is 32.1 Å². The van der Waals surface area contributed by atoms with Crippen molar-refractivity contribution in [1.29, 1.82) is 5.39 Å². The molecule has 0 spiro atoms. The van der Waals surface area contributed by atoms with Crippen molar-refractivity contribution in [2.75, 3.05) is 11.9 Å². The van der Waals surface area contributed by atoms with Crippen molar-refractivity contribution in [3.8, 4) is 0 Å². The van der Waals surface area contributed by atoms with Crippen LogP contribution in [0.4, 0.5) is 28.6 Å². The molecule has 0 radical (unpaired) electrons. The first-order valence-corrected chi connectivity index (χ1v) is 7.43. The van der Waals surface area contributed by atoms with E-state index in [1.807, 2.05) is 6.07 Å². The smallest absolute Gasteiger partial charge is 0.418 e. The van der Waals surface area contributed by atoms with Gasteiger partial charge >= 0.3 is 12.9 Å². The molecule has 1 aromatic carbocycles. The van der Waals surface area contributed by atoms with Crippen molar-refractivity contribution in [3.63, 3.8) is 0 Å². The van der Waals surface area contributed by atoms with Gasteiger partial charge in [0, 0.05) is 12.6 Å². The van der Waals surface area contributed by atoms with E-state index in [9.17, 15) is 17.3 Å². The number of hydrogen-bond acceptors (Lipinski definition) is 2. The van der Waals surface area contributed by atoms with Crippen molar-refractivity contribution in [1.82, 2.24) is 0 Å². The summed E-state index contributed by atoms with van der Waals surface area (Å²) in [6.07, 6.45) is 6.71. The van der Waals surface area contributed by atoms with E-state index in [4.69, 9.17) is 17.0 Å². The Labute approximate surface area is 131 Å². The lowest BCUT2D eigenvalue weighted by atomic mass is 9.89. The van der Waals surface area contributed by atoms with Crippen LogP contribution in [-0.4, -0.2) is 13.8 Å². The van der Waals surface area contributed by atoms with Crippen LogP contribution < -0.4 is 5.32 Å². The van der Waals surface area contributed by atoms with E-state index in [1.54, 1.807) is 12.1 Å². The van der Waals surface area contributed by atoms with E-state index in [-0.39, 0.29) is 0 Å². The van der Waals surface area contributed by atoms with Crippen molar-refractivity contribution >= 4 is 30.2 Å². The molecule has 1 aliphatic carbocycles. The summed E-state index contributed by atoms with van der Waals surface area (Å²) in [5.41, 5.74) is 1.41. The van der Waals surface area contributed by atoms with Crippen LogP contribution in [0, 0.1) is 11.3 Å². The van der Waals surface area contributed by atoms with E-state index in [0.717, 1.165) is 18.2 Å². The second-order valence-corrected chi connectivity index (χ2v) is 5.55. The van der Waals surface area contributed by atoms with Crippen LogP contribution in [0.1, 0.15) is 32.1 Å². The molecular formula is C13H17BClF4N3. The fourth-order valence-corrected chi connectivity index (χ4v) is 2.60.